The Hall–Kier alpha value is -1.02. The second-order valence-corrected chi connectivity index (χ2v) is 4.15. The molecule has 0 aromatic heterocycles. The molecule has 0 amide bonds. The summed E-state index contributed by atoms with van der Waals surface area (Å²) in [5.74, 6) is 0.337. The van der Waals surface area contributed by atoms with Gasteiger partial charge in [-0.1, -0.05) is 6.07 Å². The first-order chi connectivity index (χ1) is 5.94. The molecule has 1 aromatic rings. The second kappa shape index (κ2) is 3.38. The van der Waals surface area contributed by atoms with Crippen molar-refractivity contribution < 1.29 is 5.11 Å². The summed E-state index contributed by atoms with van der Waals surface area (Å²) in [7, 11) is 4.28. The molecular weight excluding hydrogens is 162 g/mol. The van der Waals surface area contributed by atoms with Crippen molar-refractivity contribution in [2.45, 2.75) is 19.9 Å². The van der Waals surface area contributed by atoms with Crippen LogP contribution >= 0.6 is 0 Å². The lowest BCUT2D eigenvalue weighted by Crippen LogP contribution is -2.46. The standard InChI is InChI=1S/C11H17NO/c1-9(2)12(3,4)10-6-5-7-11(13)8-10/h5-9H,1-4H3/p+1. The van der Waals surface area contributed by atoms with Crippen molar-refractivity contribution in [3.63, 3.8) is 0 Å². The molecule has 0 aliphatic heterocycles. The third-order valence-corrected chi connectivity index (χ3v) is 2.79. The number of phenols is 1. The molecule has 0 saturated heterocycles. The molecule has 0 bridgehead atoms. The summed E-state index contributed by atoms with van der Waals surface area (Å²) in [6, 6.07) is 7.94. The van der Waals surface area contributed by atoms with E-state index in [2.05, 4.69) is 27.9 Å². The molecule has 0 heterocycles. The molecule has 1 N–H and O–H groups in total. The molecular formula is C11H18NO+. The van der Waals surface area contributed by atoms with E-state index in [1.807, 2.05) is 18.2 Å². The molecule has 0 spiro atoms. The highest BCUT2D eigenvalue weighted by Gasteiger charge is 2.22. The summed E-state index contributed by atoms with van der Waals surface area (Å²) in [6.45, 7) is 4.34. The topological polar surface area (TPSA) is 20.2 Å². The van der Waals surface area contributed by atoms with Crippen molar-refractivity contribution in [2.24, 2.45) is 0 Å². The van der Waals surface area contributed by atoms with E-state index in [1.165, 1.54) is 0 Å². The highest BCUT2D eigenvalue weighted by molar-refractivity contribution is 5.46. The van der Waals surface area contributed by atoms with Gasteiger partial charge in [-0.25, -0.2) is 0 Å². The van der Waals surface area contributed by atoms with E-state index in [4.69, 9.17) is 0 Å². The van der Waals surface area contributed by atoms with Gasteiger partial charge in [0.05, 0.1) is 20.1 Å². The lowest BCUT2D eigenvalue weighted by Gasteiger charge is -2.33. The Morgan fingerprint density at radius 2 is 1.85 bits per heavy atom. The van der Waals surface area contributed by atoms with Crippen molar-refractivity contribution in [1.29, 1.82) is 0 Å². The van der Waals surface area contributed by atoms with Crippen LogP contribution in [0.5, 0.6) is 5.75 Å². The van der Waals surface area contributed by atoms with Gasteiger partial charge in [-0.2, -0.15) is 0 Å². The third kappa shape index (κ3) is 2.01. The van der Waals surface area contributed by atoms with Crippen LogP contribution in [0.25, 0.3) is 0 Å². The average Bonchev–Trinajstić information content (AvgIpc) is 2.04. The maximum absolute atomic E-state index is 9.35. The SMILES string of the molecule is CC(C)[N+](C)(C)c1cccc(O)c1. The predicted molar refractivity (Wildman–Crippen MR) is 56.9 cm³/mol. The molecule has 0 aliphatic carbocycles. The number of benzene rings is 1. The molecule has 0 atom stereocenters. The number of aromatic hydroxyl groups is 1. The summed E-state index contributed by atoms with van der Waals surface area (Å²) in [6.07, 6.45) is 0. The van der Waals surface area contributed by atoms with E-state index in [0.29, 0.717) is 11.8 Å². The molecule has 0 unspecified atom stereocenters. The van der Waals surface area contributed by atoms with Gasteiger partial charge in [-0.3, -0.25) is 4.48 Å². The third-order valence-electron chi connectivity index (χ3n) is 2.79. The Balaban J connectivity index is 3.07. The summed E-state index contributed by atoms with van der Waals surface area (Å²) < 4.78 is 0.786. The highest BCUT2D eigenvalue weighted by atomic mass is 16.3. The Labute approximate surface area is 80.0 Å². The fourth-order valence-corrected chi connectivity index (χ4v) is 1.15. The van der Waals surface area contributed by atoms with Crippen LogP contribution in [0.2, 0.25) is 0 Å². The Bertz CT molecular complexity index is 292. The van der Waals surface area contributed by atoms with Crippen LogP contribution in [-0.2, 0) is 0 Å². The molecule has 2 heteroatoms. The molecule has 2 nitrogen and oxygen atoms in total. The normalized spacial score (nSPS) is 12.1. The number of quaternary nitrogens is 1. The molecule has 1 aromatic carbocycles. The minimum absolute atomic E-state index is 0.337. The number of phenolic OH excluding ortho intramolecular Hbond substituents is 1. The van der Waals surface area contributed by atoms with Crippen molar-refractivity contribution in [2.75, 3.05) is 14.1 Å². The van der Waals surface area contributed by atoms with E-state index in [-0.39, 0.29) is 0 Å². The van der Waals surface area contributed by atoms with Gasteiger partial charge in [-0.15, -0.1) is 0 Å². The Morgan fingerprint density at radius 3 is 2.31 bits per heavy atom. The lowest BCUT2D eigenvalue weighted by molar-refractivity contribution is 0.328. The van der Waals surface area contributed by atoms with Crippen molar-refractivity contribution in [1.82, 2.24) is 4.48 Å². The minimum atomic E-state index is 0.337. The summed E-state index contributed by atoms with van der Waals surface area (Å²) in [5, 5.41) is 9.35. The largest absolute Gasteiger partial charge is 0.508 e. The number of hydrogen-bond acceptors (Lipinski definition) is 1. The Kier molecular flexibility index (Phi) is 2.62. The average molecular weight is 180 g/mol. The van der Waals surface area contributed by atoms with Crippen LogP contribution in [0, 0.1) is 0 Å². The van der Waals surface area contributed by atoms with Gasteiger partial charge in [-0.05, 0) is 26.0 Å². The van der Waals surface area contributed by atoms with Gasteiger partial charge in [0.2, 0.25) is 0 Å². The van der Waals surface area contributed by atoms with E-state index in [1.54, 1.807) is 6.07 Å². The van der Waals surface area contributed by atoms with Crippen LogP contribution in [0.15, 0.2) is 24.3 Å². The molecule has 0 aliphatic rings. The van der Waals surface area contributed by atoms with E-state index >= 15 is 0 Å². The summed E-state index contributed by atoms with van der Waals surface area (Å²) in [5.41, 5.74) is 1.13. The first-order valence-corrected chi connectivity index (χ1v) is 4.58. The van der Waals surface area contributed by atoms with Crippen molar-refractivity contribution in [3.8, 4) is 5.75 Å². The van der Waals surface area contributed by atoms with Crippen molar-refractivity contribution in [3.05, 3.63) is 24.3 Å². The molecule has 0 radical (unpaired) electrons. The molecule has 0 saturated carbocycles. The number of rotatable bonds is 2. The smallest absolute Gasteiger partial charge is 0.136 e. The van der Waals surface area contributed by atoms with Gasteiger partial charge in [0.1, 0.15) is 11.4 Å². The first-order valence-electron chi connectivity index (χ1n) is 4.58. The van der Waals surface area contributed by atoms with Crippen LogP contribution in [0.4, 0.5) is 5.69 Å². The number of hydrogen-bond donors (Lipinski definition) is 1. The molecule has 72 valence electrons. The highest BCUT2D eigenvalue weighted by Crippen LogP contribution is 2.25. The monoisotopic (exact) mass is 180 g/mol. The molecule has 1 rings (SSSR count). The quantitative estimate of drug-likeness (QED) is 0.693. The summed E-state index contributed by atoms with van der Waals surface area (Å²) in [4.78, 5) is 0. The Morgan fingerprint density at radius 1 is 1.23 bits per heavy atom. The molecule has 0 fully saturated rings. The van der Waals surface area contributed by atoms with Crippen LogP contribution in [-0.4, -0.2) is 25.2 Å². The van der Waals surface area contributed by atoms with Gasteiger partial charge in [0.25, 0.3) is 0 Å². The number of nitrogens with zero attached hydrogens (tertiary/aromatic N) is 1. The second-order valence-electron chi connectivity index (χ2n) is 4.15. The molecule has 13 heavy (non-hydrogen) atoms. The lowest BCUT2D eigenvalue weighted by atomic mass is 10.2. The zero-order valence-electron chi connectivity index (χ0n) is 8.78. The predicted octanol–water partition coefficient (Wildman–Crippen LogP) is 2.37. The van der Waals surface area contributed by atoms with Crippen LogP contribution in [0.1, 0.15) is 13.8 Å². The fraction of sp³-hybridized carbons (Fsp3) is 0.455. The van der Waals surface area contributed by atoms with E-state index in [0.717, 1.165) is 10.2 Å². The van der Waals surface area contributed by atoms with E-state index < -0.39 is 0 Å². The van der Waals surface area contributed by atoms with Gasteiger partial charge in [0.15, 0.2) is 0 Å². The maximum atomic E-state index is 9.35. The maximum Gasteiger partial charge on any atom is 0.136 e. The van der Waals surface area contributed by atoms with Crippen molar-refractivity contribution >= 4 is 5.69 Å². The zero-order chi connectivity index (χ0) is 10.1. The van der Waals surface area contributed by atoms with Crippen LogP contribution < -0.4 is 4.48 Å². The van der Waals surface area contributed by atoms with Gasteiger partial charge in [0, 0.05) is 6.07 Å². The zero-order valence-corrected chi connectivity index (χ0v) is 8.78. The first kappa shape index (κ1) is 10.1. The van der Waals surface area contributed by atoms with E-state index in [9.17, 15) is 5.11 Å². The summed E-state index contributed by atoms with van der Waals surface area (Å²) >= 11 is 0. The van der Waals surface area contributed by atoms with Gasteiger partial charge < -0.3 is 5.11 Å². The van der Waals surface area contributed by atoms with Crippen LogP contribution in [0.3, 0.4) is 0 Å². The van der Waals surface area contributed by atoms with Gasteiger partial charge >= 0.3 is 0 Å². The fourth-order valence-electron chi connectivity index (χ4n) is 1.15. The minimum Gasteiger partial charge on any atom is -0.508 e.